The molecule has 0 spiro atoms. The van der Waals surface area contributed by atoms with E-state index in [4.69, 9.17) is 9.47 Å². The molecule has 1 unspecified atom stereocenters. The third kappa shape index (κ3) is 3.75. The first-order chi connectivity index (χ1) is 10.9. The van der Waals surface area contributed by atoms with Crippen molar-refractivity contribution in [3.63, 3.8) is 0 Å². The number of esters is 1. The molecule has 0 aliphatic carbocycles. The lowest BCUT2D eigenvalue weighted by molar-refractivity contribution is -0.146. The Hall–Kier alpha value is -1.14. The molecule has 1 atom stereocenters. The van der Waals surface area contributed by atoms with Crippen LogP contribution in [0.4, 0.5) is 5.13 Å². The second kappa shape index (κ2) is 6.30. The topological polar surface area (TPSA) is 60.5 Å². The van der Waals surface area contributed by atoms with Crippen LogP contribution in [0.3, 0.4) is 0 Å². The zero-order chi connectivity index (χ0) is 18.3. The van der Waals surface area contributed by atoms with Crippen LogP contribution in [-0.4, -0.2) is 35.8 Å². The summed E-state index contributed by atoms with van der Waals surface area (Å²) >= 11 is 1.58. The molecule has 5 nitrogen and oxygen atoms in total. The van der Waals surface area contributed by atoms with Crippen molar-refractivity contribution in [1.29, 1.82) is 0 Å². The summed E-state index contributed by atoms with van der Waals surface area (Å²) in [6.07, 6.45) is 1.01. The number of ether oxygens (including phenoxy) is 2. The van der Waals surface area contributed by atoms with Gasteiger partial charge in [-0.25, -0.2) is 4.98 Å². The first-order valence-electron chi connectivity index (χ1n) is 8.39. The Balaban J connectivity index is 2.10. The standard InChI is InChI=1S/C18H30N2O3S/c1-11-13(17(4,5)14(21)22-8)20-15(24-11)19-10-12-9-16(2,3)23-18(12,6)7/h12H,9-10H2,1-8H3,(H,19,20). The number of carbonyl (C=O) groups excluding carboxylic acids is 1. The molecule has 6 heteroatoms. The number of aromatic nitrogens is 1. The molecule has 0 radical (unpaired) electrons. The Kier molecular flexibility index (Phi) is 5.04. The molecule has 0 aromatic carbocycles. The van der Waals surface area contributed by atoms with E-state index in [1.54, 1.807) is 11.3 Å². The maximum atomic E-state index is 12.0. The number of hydrogen-bond acceptors (Lipinski definition) is 6. The summed E-state index contributed by atoms with van der Waals surface area (Å²) in [7, 11) is 1.41. The number of nitrogens with one attached hydrogen (secondary N) is 1. The molecule has 0 amide bonds. The highest BCUT2D eigenvalue weighted by Crippen LogP contribution is 2.42. The van der Waals surface area contributed by atoms with E-state index in [-0.39, 0.29) is 17.2 Å². The smallest absolute Gasteiger partial charge is 0.317 e. The molecule has 0 saturated carbocycles. The summed E-state index contributed by atoms with van der Waals surface area (Å²) in [5, 5.41) is 4.29. The Morgan fingerprint density at radius 2 is 2.04 bits per heavy atom. The number of anilines is 1. The third-order valence-electron chi connectivity index (χ3n) is 4.84. The molecular weight excluding hydrogens is 324 g/mol. The van der Waals surface area contributed by atoms with E-state index < -0.39 is 5.41 Å². The van der Waals surface area contributed by atoms with Crippen LogP contribution in [-0.2, 0) is 19.7 Å². The van der Waals surface area contributed by atoms with Crippen LogP contribution in [0.1, 0.15) is 58.5 Å². The number of rotatable bonds is 5. The van der Waals surface area contributed by atoms with Gasteiger partial charge in [0.05, 0.1) is 24.0 Å². The van der Waals surface area contributed by atoms with Gasteiger partial charge >= 0.3 is 5.97 Å². The lowest BCUT2D eigenvalue weighted by atomic mass is 9.87. The Labute approximate surface area is 149 Å². The number of thiazole rings is 1. The van der Waals surface area contributed by atoms with E-state index in [1.807, 2.05) is 20.8 Å². The highest BCUT2D eigenvalue weighted by molar-refractivity contribution is 7.15. The second-order valence-electron chi connectivity index (χ2n) is 8.29. The van der Waals surface area contributed by atoms with Gasteiger partial charge in [0, 0.05) is 17.3 Å². The van der Waals surface area contributed by atoms with Gasteiger partial charge in [-0.05, 0) is 54.9 Å². The fourth-order valence-corrected chi connectivity index (χ4v) is 4.59. The fraction of sp³-hybridized carbons (Fsp3) is 0.778. The van der Waals surface area contributed by atoms with Crippen molar-refractivity contribution in [2.45, 2.75) is 71.5 Å². The van der Waals surface area contributed by atoms with Gasteiger partial charge in [-0.15, -0.1) is 11.3 Å². The summed E-state index contributed by atoms with van der Waals surface area (Å²) < 4.78 is 11.1. The number of aryl methyl sites for hydroxylation is 1. The second-order valence-corrected chi connectivity index (χ2v) is 9.49. The van der Waals surface area contributed by atoms with Crippen molar-refractivity contribution in [3.8, 4) is 0 Å². The maximum Gasteiger partial charge on any atom is 0.317 e. The van der Waals surface area contributed by atoms with Gasteiger partial charge in [0.15, 0.2) is 5.13 Å². The van der Waals surface area contributed by atoms with Crippen molar-refractivity contribution in [2.24, 2.45) is 5.92 Å². The minimum atomic E-state index is -0.743. The van der Waals surface area contributed by atoms with Crippen LogP contribution in [0, 0.1) is 12.8 Å². The number of carbonyl (C=O) groups is 1. The summed E-state index contributed by atoms with van der Waals surface area (Å²) in [5.74, 6) is 0.142. The van der Waals surface area contributed by atoms with Crippen LogP contribution < -0.4 is 5.32 Å². The molecule has 2 rings (SSSR count). The molecule has 1 aliphatic heterocycles. The highest BCUT2D eigenvalue weighted by Gasteiger charge is 2.45. The number of methoxy groups -OCH3 is 1. The Morgan fingerprint density at radius 1 is 1.42 bits per heavy atom. The summed E-state index contributed by atoms with van der Waals surface area (Å²) in [6.45, 7) is 15.1. The van der Waals surface area contributed by atoms with Crippen LogP contribution in [0.15, 0.2) is 0 Å². The van der Waals surface area contributed by atoms with Gasteiger partial charge in [-0.3, -0.25) is 4.79 Å². The molecule has 1 saturated heterocycles. The average molecular weight is 355 g/mol. The van der Waals surface area contributed by atoms with E-state index in [0.29, 0.717) is 5.92 Å². The number of nitrogens with zero attached hydrogens (tertiary/aromatic N) is 1. The monoisotopic (exact) mass is 354 g/mol. The van der Waals surface area contributed by atoms with Crippen molar-refractivity contribution in [1.82, 2.24) is 4.98 Å². The maximum absolute atomic E-state index is 12.0. The predicted molar refractivity (Wildman–Crippen MR) is 97.7 cm³/mol. The SMILES string of the molecule is COC(=O)C(C)(C)c1nc(NCC2CC(C)(C)OC2(C)C)sc1C. The van der Waals surface area contributed by atoms with Gasteiger partial charge in [0.1, 0.15) is 5.41 Å². The van der Waals surface area contributed by atoms with Gasteiger partial charge in [0.2, 0.25) is 0 Å². The third-order valence-corrected chi connectivity index (χ3v) is 5.77. The molecule has 0 bridgehead atoms. The largest absolute Gasteiger partial charge is 0.468 e. The summed E-state index contributed by atoms with van der Waals surface area (Å²) in [4.78, 5) is 17.7. The fourth-order valence-electron chi connectivity index (χ4n) is 3.61. The van der Waals surface area contributed by atoms with Crippen molar-refractivity contribution in [3.05, 3.63) is 10.6 Å². The summed E-state index contributed by atoms with van der Waals surface area (Å²) in [5.41, 5.74) is -0.208. The molecule has 1 aromatic rings. The summed E-state index contributed by atoms with van der Waals surface area (Å²) in [6, 6.07) is 0. The Morgan fingerprint density at radius 3 is 2.54 bits per heavy atom. The zero-order valence-electron chi connectivity index (χ0n) is 16.1. The first kappa shape index (κ1) is 19.2. The molecule has 1 N–H and O–H groups in total. The molecular formula is C18H30N2O3S. The molecule has 1 aliphatic rings. The normalized spacial score (nSPS) is 22.4. The first-order valence-corrected chi connectivity index (χ1v) is 9.21. The predicted octanol–water partition coefficient (Wildman–Crippen LogP) is 3.91. The van der Waals surface area contributed by atoms with Gasteiger partial charge in [-0.2, -0.15) is 0 Å². The molecule has 136 valence electrons. The van der Waals surface area contributed by atoms with E-state index >= 15 is 0 Å². The van der Waals surface area contributed by atoms with Gasteiger partial charge < -0.3 is 14.8 Å². The quantitative estimate of drug-likeness (QED) is 0.813. The van der Waals surface area contributed by atoms with Crippen LogP contribution >= 0.6 is 11.3 Å². The number of hydrogen-bond donors (Lipinski definition) is 1. The lowest BCUT2D eigenvalue weighted by Crippen LogP contribution is -2.33. The molecule has 1 fully saturated rings. The van der Waals surface area contributed by atoms with Crippen LogP contribution in [0.5, 0.6) is 0 Å². The molecule has 1 aromatic heterocycles. The minimum Gasteiger partial charge on any atom is -0.468 e. The molecule has 2 heterocycles. The highest BCUT2D eigenvalue weighted by atomic mass is 32.1. The van der Waals surface area contributed by atoms with Crippen LogP contribution in [0.2, 0.25) is 0 Å². The van der Waals surface area contributed by atoms with Gasteiger partial charge in [-0.1, -0.05) is 0 Å². The van der Waals surface area contributed by atoms with E-state index in [2.05, 4.69) is 38.0 Å². The van der Waals surface area contributed by atoms with E-state index in [9.17, 15) is 4.79 Å². The van der Waals surface area contributed by atoms with Crippen molar-refractivity contribution >= 4 is 22.4 Å². The van der Waals surface area contributed by atoms with Crippen molar-refractivity contribution in [2.75, 3.05) is 19.0 Å². The van der Waals surface area contributed by atoms with E-state index in [0.717, 1.165) is 28.7 Å². The Bertz CT molecular complexity index is 620. The average Bonchev–Trinajstić information content (AvgIpc) is 2.91. The van der Waals surface area contributed by atoms with Crippen LogP contribution in [0.25, 0.3) is 0 Å². The zero-order valence-corrected chi connectivity index (χ0v) is 16.9. The molecule has 24 heavy (non-hydrogen) atoms. The minimum absolute atomic E-state index is 0.0906. The van der Waals surface area contributed by atoms with Crippen molar-refractivity contribution < 1.29 is 14.3 Å². The van der Waals surface area contributed by atoms with E-state index in [1.165, 1.54) is 7.11 Å². The lowest BCUT2D eigenvalue weighted by Gasteiger charge is -2.27. The van der Waals surface area contributed by atoms with Gasteiger partial charge in [0.25, 0.3) is 0 Å².